The van der Waals surface area contributed by atoms with E-state index in [1.165, 1.54) is 0 Å². The zero-order valence-corrected chi connectivity index (χ0v) is 15.0. The van der Waals surface area contributed by atoms with E-state index in [2.05, 4.69) is 20.4 Å². The number of amides is 1. The van der Waals surface area contributed by atoms with Crippen LogP contribution in [0.15, 0.2) is 36.4 Å². The Morgan fingerprint density at radius 2 is 2.00 bits per heavy atom. The zero-order chi connectivity index (χ0) is 18.1. The lowest BCUT2D eigenvalue weighted by Crippen LogP contribution is -2.16. The van der Waals surface area contributed by atoms with Crippen molar-refractivity contribution in [1.29, 1.82) is 0 Å². The van der Waals surface area contributed by atoms with E-state index in [9.17, 15) is 4.79 Å². The summed E-state index contributed by atoms with van der Waals surface area (Å²) in [5.74, 6) is 0.970. The highest BCUT2D eigenvalue weighted by molar-refractivity contribution is 6.03. The Balaban J connectivity index is 1.68. The lowest BCUT2D eigenvalue weighted by atomic mass is 10.2. The van der Waals surface area contributed by atoms with Gasteiger partial charge < -0.3 is 5.32 Å². The average Bonchev–Trinajstić information content (AvgIpc) is 3.24. The molecule has 1 aromatic carbocycles. The fourth-order valence-corrected chi connectivity index (χ4v) is 3.45. The van der Waals surface area contributed by atoms with Gasteiger partial charge in [-0.1, -0.05) is 25.1 Å². The van der Waals surface area contributed by atoms with E-state index in [0.29, 0.717) is 17.3 Å². The van der Waals surface area contributed by atoms with Crippen LogP contribution < -0.4 is 5.32 Å². The Bertz CT molecular complexity index is 962. The summed E-state index contributed by atoms with van der Waals surface area (Å²) in [5, 5.41) is 7.53. The predicted molar refractivity (Wildman–Crippen MR) is 99.7 cm³/mol. The quantitative estimate of drug-likeness (QED) is 0.786. The van der Waals surface area contributed by atoms with Gasteiger partial charge in [0.25, 0.3) is 5.91 Å². The van der Waals surface area contributed by atoms with Gasteiger partial charge in [0.15, 0.2) is 5.69 Å². The monoisotopic (exact) mass is 347 g/mol. The number of nitrogens with zero attached hydrogens (tertiary/aromatic N) is 4. The number of rotatable bonds is 4. The Kier molecular flexibility index (Phi) is 4.24. The summed E-state index contributed by atoms with van der Waals surface area (Å²) < 4.78 is 1.90. The van der Waals surface area contributed by atoms with Crippen molar-refractivity contribution in [2.24, 2.45) is 0 Å². The van der Waals surface area contributed by atoms with Crippen LogP contribution >= 0.6 is 0 Å². The summed E-state index contributed by atoms with van der Waals surface area (Å²) in [6.45, 7) is 3.86. The van der Waals surface area contributed by atoms with E-state index in [1.807, 2.05) is 54.9 Å². The Labute approximate surface area is 152 Å². The summed E-state index contributed by atoms with van der Waals surface area (Å²) in [4.78, 5) is 21.6. The smallest absolute Gasteiger partial charge is 0.277 e. The van der Waals surface area contributed by atoms with E-state index in [4.69, 9.17) is 0 Å². The summed E-state index contributed by atoms with van der Waals surface area (Å²) in [7, 11) is 0. The number of anilines is 1. The molecule has 1 aliphatic carbocycles. The number of carbonyl (C=O) groups is 1. The molecule has 0 aliphatic heterocycles. The molecular formula is C20H21N5O. The minimum Gasteiger partial charge on any atom is -0.305 e. The van der Waals surface area contributed by atoms with E-state index in [0.717, 1.165) is 48.3 Å². The van der Waals surface area contributed by atoms with Crippen LogP contribution in [0.1, 0.15) is 46.6 Å². The average molecular weight is 347 g/mol. The topological polar surface area (TPSA) is 72.7 Å². The lowest BCUT2D eigenvalue weighted by Gasteiger charge is -2.06. The van der Waals surface area contributed by atoms with Crippen molar-refractivity contribution in [3.63, 3.8) is 0 Å². The number of carbonyl (C=O) groups excluding carboxylic acids is 1. The molecule has 0 unspecified atom stereocenters. The molecule has 0 bridgehead atoms. The molecule has 1 N–H and O–H groups in total. The van der Waals surface area contributed by atoms with Crippen LogP contribution in [0.5, 0.6) is 0 Å². The Hall–Kier alpha value is -3.02. The van der Waals surface area contributed by atoms with Gasteiger partial charge in [-0.2, -0.15) is 5.10 Å². The molecule has 132 valence electrons. The maximum Gasteiger partial charge on any atom is 0.277 e. The lowest BCUT2D eigenvalue weighted by molar-refractivity contribution is 0.102. The SMILES string of the molecule is CCc1cc(NC(=O)c2nn(-c3ccccc3)c3c2CCC3)nc(C)n1. The van der Waals surface area contributed by atoms with Crippen molar-refractivity contribution in [3.05, 3.63) is 64.9 Å². The second-order valence-corrected chi connectivity index (χ2v) is 6.47. The molecule has 6 nitrogen and oxygen atoms in total. The minimum absolute atomic E-state index is 0.210. The minimum atomic E-state index is -0.210. The number of para-hydroxylation sites is 1. The first kappa shape index (κ1) is 16.4. The normalized spacial score (nSPS) is 12.8. The second-order valence-electron chi connectivity index (χ2n) is 6.47. The van der Waals surface area contributed by atoms with E-state index < -0.39 is 0 Å². The van der Waals surface area contributed by atoms with Crippen LogP contribution in [-0.4, -0.2) is 25.7 Å². The summed E-state index contributed by atoms with van der Waals surface area (Å²) >= 11 is 0. The molecule has 0 saturated heterocycles. The van der Waals surface area contributed by atoms with Crippen LogP contribution in [0.3, 0.4) is 0 Å². The fourth-order valence-electron chi connectivity index (χ4n) is 3.45. The first-order valence-electron chi connectivity index (χ1n) is 8.98. The van der Waals surface area contributed by atoms with Crippen LogP contribution in [0.4, 0.5) is 5.82 Å². The number of hydrogen-bond acceptors (Lipinski definition) is 4. The first-order chi connectivity index (χ1) is 12.7. The van der Waals surface area contributed by atoms with Crippen molar-refractivity contribution in [2.75, 3.05) is 5.32 Å². The van der Waals surface area contributed by atoms with Gasteiger partial charge >= 0.3 is 0 Å². The van der Waals surface area contributed by atoms with Crippen molar-refractivity contribution >= 4 is 11.7 Å². The molecule has 4 rings (SSSR count). The van der Waals surface area contributed by atoms with Gasteiger partial charge in [0.05, 0.1) is 5.69 Å². The highest BCUT2D eigenvalue weighted by Gasteiger charge is 2.27. The van der Waals surface area contributed by atoms with Crippen LogP contribution in [0, 0.1) is 6.92 Å². The zero-order valence-electron chi connectivity index (χ0n) is 15.0. The third-order valence-corrected chi connectivity index (χ3v) is 4.64. The summed E-state index contributed by atoms with van der Waals surface area (Å²) in [6, 6.07) is 11.8. The number of benzene rings is 1. The molecule has 0 fully saturated rings. The molecule has 0 spiro atoms. The number of aryl methyl sites for hydroxylation is 2. The third-order valence-electron chi connectivity index (χ3n) is 4.64. The van der Waals surface area contributed by atoms with E-state index >= 15 is 0 Å². The molecule has 6 heteroatoms. The number of hydrogen-bond donors (Lipinski definition) is 1. The maximum absolute atomic E-state index is 12.9. The van der Waals surface area contributed by atoms with Gasteiger partial charge in [-0.15, -0.1) is 0 Å². The molecular weight excluding hydrogens is 326 g/mol. The summed E-state index contributed by atoms with van der Waals surface area (Å²) in [6.07, 6.45) is 3.67. The highest BCUT2D eigenvalue weighted by Crippen LogP contribution is 2.28. The molecule has 0 atom stereocenters. The standard InChI is InChI=1S/C20H21N5O/c1-3-14-12-18(22-13(2)21-14)23-20(26)19-16-10-7-11-17(16)25(24-19)15-8-5-4-6-9-15/h4-6,8-9,12H,3,7,10-11H2,1-2H3,(H,21,22,23,26). The Morgan fingerprint density at radius 1 is 1.19 bits per heavy atom. The van der Waals surface area contributed by atoms with Crippen molar-refractivity contribution in [2.45, 2.75) is 39.5 Å². The molecule has 1 aliphatic rings. The van der Waals surface area contributed by atoms with Gasteiger partial charge in [0.1, 0.15) is 11.6 Å². The fraction of sp³-hybridized carbons (Fsp3) is 0.300. The van der Waals surface area contributed by atoms with Gasteiger partial charge in [-0.05, 0) is 44.7 Å². The third kappa shape index (κ3) is 2.98. The molecule has 0 radical (unpaired) electrons. The molecule has 26 heavy (non-hydrogen) atoms. The number of nitrogens with one attached hydrogen (secondary N) is 1. The summed E-state index contributed by atoms with van der Waals surface area (Å²) in [5.41, 5.74) is 4.57. The number of fused-ring (bicyclic) bond motifs is 1. The predicted octanol–water partition coefficient (Wildman–Crippen LogP) is 3.27. The van der Waals surface area contributed by atoms with Crippen LogP contribution in [0.25, 0.3) is 5.69 Å². The van der Waals surface area contributed by atoms with Gasteiger partial charge in [-0.3, -0.25) is 4.79 Å². The van der Waals surface area contributed by atoms with E-state index in [-0.39, 0.29) is 5.91 Å². The largest absolute Gasteiger partial charge is 0.305 e. The van der Waals surface area contributed by atoms with Gasteiger partial charge in [-0.25, -0.2) is 14.6 Å². The van der Waals surface area contributed by atoms with Gasteiger partial charge in [0, 0.05) is 23.0 Å². The van der Waals surface area contributed by atoms with Crippen LogP contribution in [-0.2, 0) is 19.3 Å². The Morgan fingerprint density at radius 3 is 2.77 bits per heavy atom. The van der Waals surface area contributed by atoms with Crippen LogP contribution in [0.2, 0.25) is 0 Å². The first-order valence-corrected chi connectivity index (χ1v) is 8.98. The number of aromatic nitrogens is 4. The molecule has 3 aromatic rings. The van der Waals surface area contributed by atoms with Crippen molar-refractivity contribution in [3.8, 4) is 5.69 Å². The molecule has 1 amide bonds. The van der Waals surface area contributed by atoms with E-state index in [1.54, 1.807) is 0 Å². The second kappa shape index (κ2) is 6.71. The maximum atomic E-state index is 12.9. The molecule has 2 heterocycles. The van der Waals surface area contributed by atoms with Crippen molar-refractivity contribution in [1.82, 2.24) is 19.7 Å². The van der Waals surface area contributed by atoms with Gasteiger partial charge in [0.2, 0.25) is 0 Å². The highest BCUT2D eigenvalue weighted by atomic mass is 16.2. The molecule has 2 aromatic heterocycles. The molecule has 0 saturated carbocycles. The van der Waals surface area contributed by atoms with Crippen molar-refractivity contribution < 1.29 is 4.79 Å².